The maximum atomic E-state index is 12.8. The molecule has 2 heterocycles. The molecule has 0 aromatic heterocycles. The summed E-state index contributed by atoms with van der Waals surface area (Å²) in [6.45, 7) is 6.87. The number of ether oxygens (including phenoxy) is 2. The highest BCUT2D eigenvalue weighted by atomic mass is 32.2. The van der Waals surface area contributed by atoms with Crippen molar-refractivity contribution < 1.29 is 17.9 Å². The van der Waals surface area contributed by atoms with Gasteiger partial charge < -0.3 is 9.47 Å². The lowest BCUT2D eigenvalue weighted by atomic mass is 9.58. The topological polar surface area (TPSA) is 64.6 Å². The highest BCUT2D eigenvalue weighted by Crippen LogP contribution is 2.52. The number of rotatable bonds is 3. The molecule has 4 unspecified atom stereocenters. The quantitative estimate of drug-likeness (QED) is 0.917. The lowest BCUT2D eigenvalue weighted by Crippen LogP contribution is -2.66. The van der Waals surface area contributed by atoms with Crippen LogP contribution in [0.2, 0.25) is 0 Å². The van der Waals surface area contributed by atoms with Gasteiger partial charge in [-0.15, -0.1) is 0 Å². The van der Waals surface area contributed by atoms with E-state index in [-0.39, 0.29) is 29.6 Å². The number of sulfonamides is 1. The molecular weight excluding hydrogens is 314 g/mol. The standard InChI is InChI=1S/C17H23NO4S/c1-10-8-11-9-12(4-5-14(11)22-10)23(19,20)18-15-13-6-7-21-16(13)17(15,2)3/h4-5,9-10,13,15-16,18H,6-8H2,1-3H3. The van der Waals surface area contributed by atoms with Crippen LogP contribution in [0.3, 0.4) is 0 Å². The zero-order valence-electron chi connectivity index (χ0n) is 13.7. The second-order valence-electron chi connectivity index (χ2n) is 7.57. The monoisotopic (exact) mass is 337 g/mol. The molecule has 4 atom stereocenters. The number of hydrogen-bond donors (Lipinski definition) is 1. The van der Waals surface area contributed by atoms with E-state index in [2.05, 4.69) is 18.6 Å². The average molecular weight is 337 g/mol. The first-order chi connectivity index (χ1) is 10.8. The van der Waals surface area contributed by atoms with Crippen molar-refractivity contribution in [3.8, 4) is 5.75 Å². The van der Waals surface area contributed by atoms with Gasteiger partial charge in [-0.25, -0.2) is 13.1 Å². The molecule has 0 amide bonds. The van der Waals surface area contributed by atoms with Gasteiger partial charge in [-0.05, 0) is 37.1 Å². The molecule has 0 spiro atoms. The number of nitrogens with one attached hydrogen (secondary N) is 1. The second kappa shape index (κ2) is 4.94. The van der Waals surface area contributed by atoms with E-state index in [1.807, 2.05) is 6.92 Å². The Morgan fingerprint density at radius 1 is 1.30 bits per heavy atom. The van der Waals surface area contributed by atoms with E-state index in [1.54, 1.807) is 18.2 Å². The fraction of sp³-hybridized carbons (Fsp3) is 0.647. The van der Waals surface area contributed by atoms with Crippen molar-refractivity contribution in [2.24, 2.45) is 11.3 Å². The van der Waals surface area contributed by atoms with Gasteiger partial charge in [0.2, 0.25) is 10.0 Å². The maximum Gasteiger partial charge on any atom is 0.240 e. The SMILES string of the molecule is CC1Cc2cc(S(=O)(=O)NC3C4CCOC4C3(C)C)ccc2O1. The molecule has 23 heavy (non-hydrogen) atoms. The minimum absolute atomic E-state index is 0.0663. The van der Waals surface area contributed by atoms with Crippen LogP contribution in [0.5, 0.6) is 5.75 Å². The highest BCUT2D eigenvalue weighted by molar-refractivity contribution is 7.89. The van der Waals surface area contributed by atoms with Gasteiger partial charge in [0.1, 0.15) is 11.9 Å². The molecular formula is C17H23NO4S. The van der Waals surface area contributed by atoms with Crippen LogP contribution >= 0.6 is 0 Å². The molecule has 4 rings (SSSR count). The van der Waals surface area contributed by atoms with Crippen molar-refractivity contribution in [3.05, 3.63) is 23.8 Å². The molecule has 1 saturated heterocycles. The second-order valence-corrected chi connectivity index (χ2v) is 9.28. The fourth-order valence-corrected chi connectivity index (χ4v) is 5.86. The van der Waals surface area contributed by atoms with E-state index in [1.165, 1.54) is 0 Å². The van der Waals surface area contributed by atoms with Crippen LogP contribution in [-0.2, 0) is 21.2 Å². The van der Waals surface area contributed by atoms with Crippen LogP contribution < -0.4 is 9.46 Å². The van der Waals surface area contributed by atoms with Gasteiger partial charge in [-0.3, -0.25) is 0 Å². The Labute approximate surface area is 137 Å². The minimum Gasteiger partial charge on any atom is -0.490 e. The molecule has 2 aliphatic heterocycles. The molecule has 1 aromatic rings. The molecule has 2 fully saturated rings. The Kier molecular flexibility index (Phi) is 3.31. The first-order valence-electron chi connectivity index (χ1n) is 8.22. The third-order valence-electron chi connectivity index (χ3n) is 5.56. The first kappa shape index (κ1) is 15.4. The maximum absolute atomic E-state index is 12.8. The van der Waals surface area contributed by atoms with Gasteiger partial charge in [0, 0.05) is 30.4 Å². The number of benzene rings is 1. The molecule has 1 N–H and O–H groups in total. The molecule has 0 radical (unpaired) electrons. The van der Waals surface area contributed by atoms with Crippen LogP contribution in [0.1, 0.15) is 32.8 Å². The van der Waals surface area contributed by atoms with Gasteiger partial charge in [0.25, 0.3) is 0 Å². The van der Waals surface area contributed by atoms with Gasteiger partial charge in [0.15, 0.2) is 0 Å². The summed E-state index contributed by atoms with van der Waals surface area (Å²) in [6, 6.07) is 5.08. The van der Waals surface area contributed by atoms with E-state index in [9.17, 15) is 8.42 Å². The van der Waals surface area contributed by atoms with Crippen molar-refractivity contribution in [1.29, 1.82) is 0 Å². The number of hydrogen-bond acceptors (Lipinski definition) is 4. The lowest BCUT2D eigenvalue weighted by Gasteiger charge is -2.54. The molecule has 1 saturated carbocycles. The van der Waals surface area contributed by atoms with Crippen molar-refractivity contribution in [1.82, 2.24) is 4.72 Å². The fourth-order valence-electron chi connectivity index (χ4n) is 4.36. The number of fused-ring (bicyclic) bond motifs is 2. The average Bonchev–Trinajstić information content (AvgIpc) is 3.07. The Morgan fingerprint density at radius 2 is 2.09 bits per heavy atom. The minimum atomic E-state index is -3.53. The highest BCUT2D eigenvalue weighted by Gasteiger charge is 2.60. The summed E-state index contributed by atoms with van der Waals surface area (Å²) in [4.78, 5) is 0.326. The Balaban J connectivity index is 1.58. The third-order valence-corrected chi connectivity index (χ3v) is 7.00. The van der Waals surface area contributed by atoms with E-state index < -0.39 is 10.0 Å². The zero-order chi connectivity index (χ0) is 16.4. The third kappa shape index (κ3) is 2.30. The normalized spacial score (nSPS) is 34.4. The zero-order valence-corrected chi connectivity index (χ0v) is 14.5. The molecule has 0 bridgehead atoms. The molecule has 1 aromatic carbocycles. The smallest absolute Gasteiger partial charge is 0.240 e. The predicted octanol–water partition coefficient (Wildman–Crippen LogP) is 2.10. The van der Waals surface area contributed by atoms with E-state index >= 15 is 0 Å². The summed E-state index contributed by atoms with van der Waals surface area (Å²) in [5.41, 5.74) is 0.804. The van der Waals surface area contributed by atoms with Gasteiger partial charge in [0.05, 0.1) is 11.0 Å². The summed E-state index contributed by atoms with van der Waals surface area (Å²) in [7, 11) is -3.53. The van der Waals surface area contributed by atoms with E-state index in [4.69, 9.17) is 9.47 Å². The van der Waals surface area contributed by atoms with Crippen molar-refractivity contribution in [2.75, 3.05) is 6.61 Å². The van der Waals surface area contributed by atoms with Crippen LogP contribution in [0, 0.1) is 11.3 Å². The van der Waals surface area contributed by atoms with E-state index in [0.29, 0.717) is 4.90 Å². The van der Waals surface area contributed by atoms with Gasteiger partial charge in [-0.2, -0.15) is 0 Å². The summed E-state index contributed by atoms with van der Waals surface area (Å²) in [5, 5.41) is 0. The Hall–Kier alpha value is -1.11. The Bertz CT molecular complexity index is 743. The van der Waals surface area contributed by atoms with Gasteiger partial charge >= 0.3 is 0 Å². The van der Waals surface area contributed by atoms with Crippen LogP contribution in [0.25, 0.3) is 0 Å². The summed E-state index contributed by atoms with van der Waals surface area (Å²) in [5.74, 6) is 1.09. The lowest BCUT2D eigenvalue weighted by molar-refractivity contribution is -0.105. The van der Waals surface area contributed by atoms with Crippen LogP contribution in [-0.4, -0.2) is 33.3 Å². The molecule has 6 heteroatoms. The van der Waals surface area contributed by atoms with Crippen LogP contribution in [0.4, 0.5) is 0 Å². The summed E-state index contributed by atoms with van der Waals surface area (Å²) in [6.07, 6.45) is 1.96. The van der Waals surface area contributed by atoms with Crippen molar-refractivity contribution in [3.63, 3.8) is 0 Å². The summed E-state index contributed by atoms with van der Waals surface area (Å²) < 4.78 is 39.9. The van der Waals surface area contributed by atoms with Crippen LogP contribution in [0.15, 0.2) is 23.1 Å². The molecule has 126 valence electrons. The molecule has 3 aliphatic rings. The first-order valence-corrected chi connectivity index (χ1v) is 9.71. The molecule has 5 nitrogen and oxygen atoms in total. The van der Waals surface area contributed by atoms with Crippen molar-refractivity contribution in [2.45, 2.75) is 56.8 Å². The summed E-state index contributed by atoms with van der Waals surface area (Å²) >= 11 is 0. The largest absolute Gasteiger partial charge is 0.490 e. The Morgan fingerprint density at radius 3 is 2.87 bits per heavy atom. The van der Waals surface area contributed by atoms with Crippen molar-refractivity contribution >= 4 is 10.0 Å². The molecule has 1 aliphatic carbocycles. The van der Waals surface area contributed by atoms with E-state index in [0.717, 1.165) is 30.8 Å². The van der Waals surface area contributed by atoms with Gasteiger partial charge in [-0.1, -0.05) is 13.8 Å². The predicted molar refractivity (Wildman–Crippen MR) is 86.0 cm³/mol.